The zero-order chi connectivity index (χ0) is 9.97. The Morgan fingerprint density at radius 1 is 1.57 bits per heavy atom. The van der Waals surface area contributed by atoms with Crippen LogP contribution >= 0.6 is 0 Å². The van der Waals surface area contributed by atoms with Gasteiger partial charge in [-0.1, -0.05) is 0 Å². The number of ether oxygens (including phenoxy) is 1. The smallest absolute Gasteiger partial charge is 0.325 e. The van der Waals surface area contributed by atoms with Crippen LogP contribution in [0, 0.1) is 0 Å². The van der Waals surface area contributed by atoms with Gasteiger partial charge in [0.25, 0.3) is 0 Å². The summed E-state index contributed by atoms with van der Waals surface area (Å²) in [6, 6.07) is 1.85. The molecule has 0 aliphatic heterocycles. The van der Waals surface area contributed by atoms with Crippen LogP contribution in [0.3, 0.4) is 0 Å². The molecule has 14 heavy (non-hydrogen) atoms. The fraction of sp³-hybridized carbons (Fsp3) is 0.333. The van der Waals surface area contributed by atoms with E-state index >= 15 is 0 Å². The van der Waals surface area contributed by atoms with Crippen molar-refractivity contribution >= 4 is 11.6 Å². The lowest BCUT2D eigenvalue weighted by Crippen LogP contribution is -2.12. The lowest BCUT2D eigenvalue weighted by atomic mass is 10.6. The molecule has 0 aliphatic rings. The van der Waals surface area contributed by atoms with Crippen molar-refractivity contribution in [2.75, 3.05) is 6.61 Å². The molecule has 2 aromatic heterocycles. The molecule has 0 aromatic carbocycles. The standard InChI is InChI=1S/C9H11N3O2/c1-2-14-9(13)7-11-5-6-12-8(11)3-4-10-12/h3-6H,2,7H2,1H3. The topological polar surface area (TPSA) is 48.5 Å². The van der Waals surface area contributed by atoms with Gasteiger partial charge in [-0.15, -0.1) is 0 Å². The number of hydrogen-bond donors (Lipinski definition) is 0. The van der Waals surface area contributed by atoms with Gasteiger partial charge in [0.1, 0.15) is 12.2 Å². The predicted octanol–water partition coefficient (Wildman–Crippen LogP) is 0.699. The summed E-state index contributed by atoms with van der Waals surface area (Å²) in [5.74, 6) is -0.230. The molecule has 74 valence electrons. The van der Waals surface area contributed by atoms with Crippen LogP contribution in [-0.2, 0) is 16.1 Å². The Morgan fingerprint density at radius 3 is 3.21 bits per heavy atom. The molecular formula is C9H11N3O2. The molecule has 5 heteroatoms. The third-order valence-electron chi connectivity index (χ3n) is 1.94. The van der Waals surface area contributed by atoms with Crippen molar-refractivity contribution in [3.63, 3.8) is 0 Å². The van der Waals surface area contributed by atoms with Crippen LogP contribution in [0.2, 0.25) is 0 Å². The Balaban J connectivity index is 2.18. The van der Waals surface area contributed by atoms with Gasteiger partial charge >= 0.3 is 5.97 Å². The third-order valence-corrected chi connectivity index (χ3v) is 1.94. The number of fused-ring (bicyclic) bond motifs is 1. The lowest BCUT2D eigenvalue weighted by molar-refractivity contribution is -0.143. The first-order valence-corrected chi connectivity index (χ1v) is 4.45. The van der Waals surface area contributed by atoms with Crippen molar-refractivity contribution in [2.24, 2.45) is 0 Å². The van der Waals surface area contributed by atoms with Gasteiger partial charge in [0.15, 0.2) is 0 Å². The molecule has 2 aromatic rings. The summed E-state index contributed by atoms with van der Waals surface area (Å²) < 4.78 is 8.36. The normalized spacial score (nSPS) is 10.6. The molecule has 0 saturated carbocycles. The quantitative estimate of drug-likeness (QED) is 0.674. The van der Waals surface area contributed by atoms with Gasteiger partial charge in [-0.3, -0.25) is 4.79 Å². The zero-order valence-corrected chi connectivity index (χ0v) is 7.88. The fourth-order valence-electron chi connectivity index (χ4n) is 1.35. The Labute approximate surface area is 80.9 Å². The molecule has 0 aliphatic carbocycles. The van der Waals surface area contributed by atoms with Gasteiger partial charge in [0.2, 0.25) is 0 Å². The molecular weight excluding hydrogens is 182 g/mol. The molecule has 0 saturated heterocycles. The number of nitrogens with zero attached hydrogens (tertiary/aromatic N) is 3. The van der Waals surface area contributed by atoms with Gasteiger partial charge in [0.05, 0.1) is 12.8 Å². The molecule has 0 unspecified atom stereocenters. The Hall–Kier alpha value is -1.78. The number of imidazole rings is 1. The van der Waals surface area contributed by atoms with Gasteiger partial charge < -0.3 is 9.30 Å². The van der Waals surface area contributed by atoms with Gasteiger partial charge in [-0.25, -0.2) is 4.52 Å². The van der Waals surface area contributed by atoms with E-state index in [4.69, 9.17) is 4.74 Å². The van der Waals surface area contributed by atoms with E-state index in [1.54, 1.807) is 34.6 Å². The number of rotatable bonds is 3. The highest BCUT2D eigenvalue weighted by Crippen LogP contribution is 2.03. The first-order valence-electron chi connectivity index (χ1n) is 4.45. The highest BCUT2D eigenvalue weighted by atomic mass is 16.5. The van der Waals surface area contributed by atoms with Crippen LogP contribution < -0.4 is 0 Å². The van der Waals surface area contributed by atoms with E-state index in [0.717, 1.165) is 5.65 Å². The summed E-state index contributed by atoms with van der Waals surface area (Å²) in [6.45, 7) is 2.44. The maximum Gasteiger partial charge on any atom is 0.325 e. The van der Waals surface area contributed by atoms with Crippen LogP contribution in [-0.4, -0.2) is 26.8 Å². The van der Waals surface area contributed by atoms with E-state index in [0.29, 0.717) is 6.61 Å². The number of esters is 1. The molecule has 0 amide bonds. The van der Waals surface area contributed by atoms with Crippen molar-refractivity contribution in [3.8, 4) is 0 Å². The van der Waals surface area contributed by atoms with Crippen molar-refractivity contribution in [1.82, 2.24) is 14.2 Å². The average Bonchev–Trinajstić information content (AvgIpc) is 2.70. The first kappa shape index (κ1) is 8.80. The Kier molecular flexibility index (Phi) is 2.22. The van der Waals surface area contributed by atoms with Gasteiger partial charge in [-0.2, -0.15) is 5.10 Å². The maximum atomic E-state index is 11.2. The minimum absolute atomic E-state index is 0.230. The highest BCUT2D eigenvalue weighted by Gasteiger charge is 2.06. The van der Waals surface area contributed by atoms with Gasteiger partial charge in [0, 0.05) is 18.5 Å². The van der Waals surface area contributed by atoms with E-state index in [9.17, 15) is 4.79 Å². The average molecular weight is 193 g/mol. The van der Waals surface area contributed by atoms with Crippen molar-refractivity contribution in [2.45, 2.75) is 13.5 Å². The number of aromatic nitrogens is 3. The van der Waals surface area contributed by atoms with E-state index in [1.165, 1.54) is 0 Å². The van der Waals surface area contributed by atoms with Crippen molar-refractivity contribution in [1.29, 1.82) is 0 Å². The molecule has 5 nitrogen and oxygen atoms in total. The summed E-state index contributed by atoms with van der Waals surface area (Å²) >= 11 is 0. The number of carbonyl (C=O) groups is 1. The minimum atomic E-state index is -0.230. The van der Waals surface area contributed by atoms with Gasteiger partial charge in [-0.05, 0) is 6.92 Å². The second kappa shape index (κ2) is 3.53. The first-order chi connectivity index (χ1) is 6.81. The zero-order valence-electron chi connectivity index (χ0n) is 7.88. The summed E-state index contributed by atoms with van der Waals surface area (Å²) in [5, 5.41) is 4.04. The Morgan fingerprint density at radius 2 is 2.43 bits per heavy atom. The molecule has 0 atom stereocenters. The van der Waals surface area contributed by atoms with Crippen LogP contribution in [0.1, 0.15) is 6.92 Å². The monoisotopic (exact) mass is 193 g/mol. The summed E-state index contributed by atoms with van der Waals surface area (Å²) in [4.78, 5) is 11.2. The molecule has 2 heterocycles. The van der Waals surface area contributed by atoms with Crippen LogP contribution in [0.15, 0.2) is 24.7 Å². The van der Waals surface area contributed by atoms with Crippen molar-refractivity contribution in [3.05, 3.63) is 24.7 Å². The lowest BCUT2D eigenvalue weighted by Gasteiger charge is -2.02. The summed E-state index contributed by atoms with van der Waals surface area (Å²) in [7, 11) is 0. The second-order valence-corrected chi connectivity index (χ2v) is 2.87. The molecule has 2 rings (SSSR count). The fourth-order valence-corrected chi connectivity index (χ4v) is 1.35. The van der Waals surface area contributed by atoms with E-state index in [-0.39, 0.29) is 12.5 Å². The predicted molar refractivity (Wildman–Crippen MR) is 49.8 cm³/mol. The SMILES string of the molecule is CCOC(=O)Cn1ccn2nccc12. The van der Waals surface area contributed by atoms with E-state index in [2.05, 4.69) is 5.10 Å². The Bertz CT molecular complexity index is 444. The van der Waals surface area contributed by atoms with E-state index in [1.807, 2.05) is 6.07 Å². The van der Waals surface area contributed by atoms with Crippen LogP contribution in [0.25, 0.3) is 5.65 Å². The molecule has 0 N–H and O–H groups in total. The number of hydrogen-bond acceptors (Lipinski definition) is 3. The molecule has 0 radical (unpaired) electrons. The molecule has 0 bridgehead atoms. The van der Waals surface area contributed by atoms with E-state index < -0.39 is 0 Å². The number of carbonyl (C=O) groups excluding carboxylic acids is 1. The summed E-state index contributed by atoms with van der Waals surface area (Å²) in [5.41, 5.74) is 0.887. The largest absolute Gasteiger partial charge is 0.465 e. The summed E-state index contributed by atoms with van der Waals surface area (Å²) in [6.07, 6.45) is 5.30. The molecule has 0 spiro atoms. The van der Waals surface area contributed by atoms with Crippen LogP contribution in [0.4, 0.5) is 0 Å². The third kappa shape index (κ3) is 1.48. The van der Waals surface area contributed by atoms with Crippen LogP contribution in [0.5, 0.6) is 0 Å². The second-order valence-electron chi connectivity index (χ2n) is 2.87. The van der Waals surface area contributed by atoms with Crippen molar-refractivity contribution < 1.29 is 9.53 Å². The minimum Gasteiger partial charge on any atom is -0.465 e. The highest BCUT2D eigenvalue weighted by molar-refractivity contribution is 5.70. The maximum absolute atomic E-state index is 11.2. The molecule has 0 fully saturated rings.